The van der Waals surface area contributed by atoms with Crippen LogP contribution < -0.4 is 0 Å². The first kappa shape index (κ1) is 6.02. The van der Waals surface area contributed by atoms with Crippen molar-refractivity contribution >= 4 is 0 Å². The molecule has 0 aromatic carbocycles. The average Bonchev–Trinajstić information content (AvgIpc) is 1.61. The molecule has 0 spiro atoms. The Bertz CT molecular complexity index is 101. The van der Waals surface area contributed by atoms with Gasteiger partial charge >= 0.3 is 0 Å². The highest BCUT2D eigenvalue weighted by Gasteiger charge is 1.68. The first-order chi connectivity index (χ1) is 3.27. The molecular weight excluding hydrogens is 88.1 g/mol. The van der Waals surface area contributed by atoms with Gasteiger partial charge in [-0.2, -0.15) is 0 Å². The molecule has 0 saturated carbocycles. The van der Waals surface area contributed by atoms with Gasteiger partial charge in [-0.1, -0.05) is 25.3 Å². The van der Waals surface area contributed by atoms with Gasteiger partial charge in [0, 0.05) is 0 Å². The van der Waals surface area contributed by atoms with E-state index < -0.39 is 0 Å². The summed E-state index contributed by atoms with van der Waals surface area (Å²) in [4.78, 5) is 0. The van der Waals surface area contributed by atoms with Gasteiger partial charge in [-0.15, -0.1) is 0 Å². The molecular formula is C6H8O. The van der Waals surface area contributed by atoms with Crippen molar-refractivity contribution in [1.82, 2.24) is 0 Å². The van der Waals surface area contributed by atoms with Crippen molar-refractivity contribution in [2.75, 3.05) is 0 Å². The molecule has 1 nitrogen and oxygen atoms in total. The molecule has 0 aromatic rings. The van der Waals surface area contributed by atoms with E-state index in [1.165, 1.54) is 6.08 Å². The van der Waals surface area contributed by atoms with Crippen LogP contribution in [-0.2, 0) is 0 Å². The summed E-state index contributed by atoms with van der Waals surface area (Å²) in [5.74, 6) is 0.0555. The van der Waals surface area contributed by atoms with Crippen LogP contribution in [0.4, 0.5) is 0 Å². The molecule has 7 heavy (non-hydrogen) atoms. The second-order valence-electron chi connectivity index (χ2n) is 1.09. The third-order valence-corrected chi connectivity index (χ3v) is 0.425. The molecule has 0 bridgehead atoms. The Kier molecular flexibility index (Phi) is 2.77. The van der Waals surface area contributed by atoms with E-state index in [0.29, 0.717) is 0 Å². The largest absolute Gasteiger partial charge is 0.509 e. The van der Waals surface area contributed by atoms with E-state index >= 15 is 0 Å². The Morgan fingerprint density at radius 2 is 2.14 bits per heavy atom. The summed E-state index contributed by atoms with van der Waals surface area (Å²) in [6, 6.07) is 0. The summed E-state index contributed by atoms with van der Waals surface area (Å²) < 4.78 is 0. The molecule has 0 unspecified atom stereocenters. The van der Waals surface area contributed by atoms with Crippen molar-refractivity contribution in [3.8, 4) is 0 Å². The van der Waals surface area contributed by atoms with Crippen LogP contribution in [0.5, 0.6) is 0 Å². The van der Waals surface area contributed by atoms with Crippen LogP contribution in [0.3, 0.4) is 0 Å². The summed E-state index contributed by atoms with van der Waals surface area (Å²) in [5.41, 5.74) is 0. The van der Waals surface area contributed by atoms with E-state index in [9.17, 15) is 0 Å². The van der Waals surface area contributed by atoms with Gasteiger partial charge in [-0.25, -0.2) is 0 Å². The zero-order valence-corrected chi connectivity index (χ0v) is 4.09. The molecule has 0 saturated heterocycles. The monoisotopic (exact) mass is 96.1 g/mol. The normalized spacial score (nSPS) is 9.14. The zero-order chi connectivity index (χ0) is 5.70. The molecule has 1 N–H and O–H groups in total. The third-order valence-electron chi connectivity index (χ3n) is 0.425. The Morgan fingerprint density at radius 3 is 2.29 bits per heavy atom. The lowest BCUT2D eigenvalue weighted by Crippen LogP contribution is -1.62. The van der Waals surface area contributed by atoms with Crippen molar-refractivity contribution in [3.63, 3.8) is 0 Å². The first-order valence-electron chi connectivity index (χ1n) is 1.94. The van der Waals surface area contributed by atoms with Gasteiger partial charge in [0.1, 0.15) is 5.76 Å². The summed E-state index contributed by atoms with van der Waals surface area (Å²) in [7, 11) is 0. The van der Waals surface area contributed by atoms with E-state index in [-0.39, 0.29) is 5.76 Å². The van der Waals surface area contributed by atoms with Crippen molar-refractivity contribution in [2.24, 2.45) is 0 Å². The fraction of sp³-hybridized carbons (Fsp3) is 0. The highest BCUT2D eigenvalue weighted by atomic mass is 16.3. The predicted molar refractivity (Wildman–Crippen MR) is 31.1 cm³/mol. The van der Waals surface area contributed by atoms with Gasteiger partial charge in [-0.3, -0.25) is 0 Å². The molecule has 1 heteroatoms. The lowest BCUT2D eigenvalue weighted by atomic mass is 10.4. The molecule has 0 rings (SSSR count). The van der Waals surface area contributed by atoms with Crippen LogP contribution in [0.2, 0.25) is 0 Å². The zero-order valence-electron chi connectivity index (χ0n) is 4.09. The van der Waals surface area contributed by atoms with Crippen LogP contribution in [0.1, 0.15) is 0 Å². The van der Waals surface area contributed by atoms with E-state index in [1.807, 2.05) is 0 Å². The highest BCUT2D eigenvalue weighted by Crippen LogP contribution is 1.82. The quantitative estimate of drug-likeness (QED) is 0.410. The molecule has 0 aromatic heterocycles. The topological polar surface area (TPSA) is 20.2 Å². The van der Waals surface area contributed by atoms with Gasteiger partial charge in [0.25, 0.3) is 0 Å². The van der Waals surface area contributed by atoms with Crippen LogP contribution in [-0.4, -0.2) is 5.11 Å². The van der Waals surface area contributed by atoms with Gasteiger partial charge < -0.3 is 5.11 Å². The molecule has 0 aliphatic carbocycles. The summed E-state index contributed by atoms with van der Waals surface area (Å²) in [6.07, 6.45) is 4.65. The van der Waals surface area contributed by atoms with Gasteiger partial charge in [-0.05, 0) is 6.08 Å². The molecule has 0 atom stereocenters. The summed E-state index contributed by atoms with van der Waals surface area (Å²) >= 11 is 0. The highest BCUT2D eigenvalue weighted by molar-refractivity contribution is 5.10. The Balaban J connectivity index is 3.46. The Morgan fingerprint density at radius 1 is 1.57 bits per heavy atom. The fourth-order valence-electron chi connectivity index (χ4n) is 0.179. The first-order valence-corrected chi connectivity index (χ1v) is 1.94. The smallest absolute Gasteiger partial charge is 0.108 e. The number of aliphatic hydroxyl groups is 1. The van der Waals surface area contributed by atoms with Gasteiger partial charge in [0.15, 0.2) is 0 Å². The minimum Gasteiger partial charge on any atom is -0.509 e. The third kappa shape index (κ3) is 5.02. The molecule has 0 heterocycles. The second kappa shape index (κ2) is 3.22. The van der Waals surface area contributed by atoms with Gasteiger partial charge in [0.05, 0.1) is 0 Å². The molecule has 0 fully saturated rings. The Labute approximate surface area is 43.3 Å². The lowest BCUT2D eigenvalue weighted by Gasteiger charge is -1.77. The lowest BCUT2D eigenvalue weighted by molar-refractivity contribution is 0.435. The minimum atomic E-state index is 0.0555. The number of rotatable bonds is 2. The average molecular weight is 96.1 g/mol. The maximum absolute atomic E-state index is 8.35. The van der Waals surface area contributed by atoms with Crippen molar-refractivity contribution in [3.05, 3.63) is 37.1 Å². The van der Waals surface area contributed by atoms with Crippen molar-refractivity contribution < 1.29 is 5.11 Å². The number of allylic oxidation sites excluding steroid dienone is 3. The maximum atomic E-state index is 8.35. The van der Waals surface area contributed by atoms with Crippen LogP contribution >= 0.6 is 0 Å². The van der Waals surface area contributed by atoms with Crippen LogP contribution in [0.15, 0.2) is 37.1 Å². The van der Waals surface area contributed by atoms with Crippen LogP contribution in [0, 0.1) is 0 Å². The second-order valence-corrected chi connectivity index (χ2v) is 1.09. The number of hydrogen-bond donors (Lipinski definition) is 1. The van der Waals surface area contributed by atoms with Crippen molar-refractivity contribution in [1.29, 1.82) is 0 Å². The Hall–Kier alpha value is -0.980. The van der Waals surface area contributed by atoms with E-state index in [4.69, 9.17) is 5.11 Å². The van der Waals surface area contributed by atoms with E-state index in [0.717, 1.165) is 0 Å². The minimum absolute atomic E-state index is 0.0555. The molecule has 0 aliphatic rings. The molecule has 0 radical (unpaired) electrons. The van der Waals surface area contributed by atoms with Gasteiger partial charge in [0.2, 0.25) is 0 Å². The van der Waals surface area contributed by atoms with E-state index in [1.54, 1.807) is 12.2 Å². The molecule has 38 valence electrons. The van der Waals surface area contributed by atoms with E-state index in [2.05, 4.69) is 13.2 Å². The predicted octanol–water partition coefficient (Wildman–Crippen LogP) is 1.80. The SMILES string of the molecule is C=C/C=C/C(=C)O. The standard InChI is InChI=1S/C6H8O/c1-3-4-5-6(2)7/h3-5,7H,1-2H2/b5-4+. The fourth-order valence-corrected chi connectivity index (χ4v) is 0.179. The number of hydrogen-bond acceptors (Lipinski definition) is 1. The molecule has 0 amide bonds. The maximum Gasteiger partial charge on any atom is 0.108 e. The van der Waals surface area contributed by atoms with Crippen molar-refractivity contribution in [2.45, 2.75) is 0 Å². The summed E-state index contributed by atoms with van der Waals surface area (Å²) in [6.45, 7) is 6.61. The number of aliphatic hydroxyl groups excluding tert-OH is 1. The molecule has 0 aliphatic heterocycles. The summed E-state index contributed by atoms with van der Waals surface area (Å²) in [5, 5.41) is 8.35. The van der Waals surface area contributed by atoms with Crippen LogP contribution in [0.25, 0.3) is 0 Å².